The van der Waals surface area contributed by atoms with Gasteiger partial charge in [-0.05, 0) is 18.8 Å². The molecule has 0 aliphatic heterocycles. The fraction of sp³-hybridized carbons (Fsp3) is 0.846. The number of hydrogen-bond donors (Lipinski definition) is 2. The van der Waals surface area contributed by atoms with Gasteiger partial charge in [0.05, 0.1) is 12.9 Å². The second-order valence-electron chi connectivity index (χ2n) is 4.96. The van der Waals surface area contributed by atoms with Crippen LogP contribution in [0.25, 0.3) is 0 Å². The van der Waals surface area contributed by atoms with Crippen LogP contribution in [-0.4, -0.2) is 42.6 Å². The summed E-state index contributed by atoms with van der Waals surface area (Å²) in [6.07, 6.45) is 1.48. The molecule has 0 heterocycles. The monoisotopic (exact) mass is 290 g/mol. The van der Waals surface area contributed by atoms with E-state index in [9.17, 15) is 9.59 Å². The van der Waals surface area contributed by atoms with Crippen molar-refractivity contribution in [2.45, 2.75) is 45.7 Å². The van der Waals surface area contributed by atoms with Gasteiger partial charge in [0, 0.05) is 11.8 Å². The van der Waals surface area contributed by atoms with Crippen molar-refractivity contribution in [3.63, 3.8) is 0 Å². The molecule has 3 N–H and O–H groups in total. The van der Waals surface area contributed by atoms with E-state index in [1.54, 1.807) is 0 Å². The molecule has 0 radical (unpaired) electrons. The minimum Gasteiger partial charge on any atom is -0.467 e. The molecule has 5 nitrogen and oxygen atoms in total. The summed E-state index contributed by atoms with van der Waals surface area (Å²) in [4.78, 5) is 23.3. The number of ether oxygens (including phenoxy) is 1. The molecule has 0 saturated heterocycles. The standard InChI is InChI=1S/C13H26N2O3S/c1-5-10(14)7-19-8-12(16)15-11(6-9(2)3)13(17)18-4/h9-11H,5-8,14H2,1-4H3,(H,15,16). The molecule has 2 atom stereocenters. The van der Waals surface area contributed by atoms with Crippen molar-refractivity contribution < 1.29 is 14.3 Å². The summed E-state index contributed by atoms with van der Waals surface area (Å²) < 4.78 is 4.69. The van der Waals surface area contributed by atoms with Crippen LogP contribution in [0.15, 0.2) is 0 Å². The lowest BCUT2D eigenvalue weighted by Crippen LogP contribution is -2.43. The van der Waals surface area contributed by atoms with E-state index in [-0.39, 0.29) is 11.9 Å². The molecular formula is C13H26N2O3S. The first-order valence-electron chi connectivity index (χ1n) is 6.61. The largest absolute Gasteiger partial charge is 0.467 e. The number of carbonyl (C=O) groups excluding carboxylic acids is 2. The predicted octanol–water partition coefficient (Wildman–Crippen LogP) is 1.16. The molecule has 19 heavy (non-hydrogen) atoms. The summed E-state index contributed by atoms with van der Waals surface area (Å²) in [5, 5.41) is 2.72. The molecule has 0 aliphatic rings. The Morgan fingerprint density at radius 3 is 2.47 bits per heavy atom. The fourth-order valence-corrected chi connectivity index (χ4v) is 2.41. The molecule has 0 spiro atoms. The molecule has 0 aromatic rings. The summed E-state index contributed by atoms with van der Waals surface area (Å²) in [7, 11) is 1.33. The second-order valence-corrected chi connectivity index (χ2v) is 5.99. The fourth-order valence-electron chi connectivity index (χ4n) is 1.48. The number of esters is 1. The number of amides is 1. The summed E-state index contributed by atoms with van der Waals surface area (Å²) >= 11 is 1.49. The number of carbonyl (C=O) groups is 2. The molecule has 112 valence electrons. The lowest BCUT2D eigenvalue weighted by molar-refractivity contribution is -0.145. The highest BCUT2D eigenvalue weighted by Gasteiger charge is 2.22. The maximum absolute atomic E-state index is 11.7. The van der Waals surface area contributed by atoms with Gasteiger partial charge in [-0.25, -0.2) is 4.79 Å². The van der Waals surface area contributed by atoms with E-state index in [1.807, 2.05) is 20.8 Å². The van der Waals surface area contributed by atoms with E-state index < -0.39 is 12.0 Å². The lowest BCUT2D eigenvalue weighted by atomic mass is 10.0. The van der Waals surface area contributed by atoms with E-state index >= 15 is 0 Å². The average Bonchev–Trinajstić information content (AvgIpc) is 2.36. The smallest absolute Gasteiger partial charge is 0.328 e. The zero-order chi connectivity index (χ0) is 14.8. The molecule has 0 fully saturated rings. The Morgan fingerprint density at radius 2 is 2.00 bits per heavy atom. The maximum atomic E-state index is 11.7. The van der Waals surface area contributed by atoms with Crippen molar-refractivity contribution in [3.05, 3.63) is 0 Å². The number of nitrogens with one attached hydrogen (secondary N) is 1. The van der Waals surface area contributed by atoms with Crippen LogP contribution in [0.3, 0.4) is 0 Å². The van der Waals surface area contributed by atoms with Crippen LogP contribution in [0.1, 0.15) is 33.6 Å². The number of thioether (sulfide) groups is 1. The van der Waals surface area contributed by atoms with Gasteiger partial charge in [0.1, 0.15) is 6.04 Å². The first-order chi connectivity index (χ1) is 8.90. The van der Waals surface area contributed by atoms with Crippen molar-refractivity contribution in [3.8, 4) is 0 Å². The molecule has 2 unspecified atom stereocenters. The molecular weight excluding hydrogens is 264 g/mol. The van der Waals surface area contributed by atoms with Gasteiger partial charge in [0.15, 0.2) is 0 Å². The van der Waals surface area contributed by atoms with Gasteiger partial charge in [-0.3, -0.25) is 4.79 Å². The Morgan fingerprint density at radius 1 is 1.37 bits per heavy atom. The minimum absolute atomic E-state index is 0.116. The first kappa shape index (κ1) is 18.2. The Kier molecular flexibility index (Phi) is 9.69. The third-order valence-electron chi connectivity index (χ3n) is 2.62. The van der Waals surface area contributed by atoms with Crippen molar-refractivity contribution in [2.75, 3.05) is 18.6 Å². The molecule has 0 aromatic heterocycles. The highest BCUT2D eigenvalue weighted by Crippen LogP contribution is 2.08. The van der Waals surface area contributed by atoms with Crippen LogP contribution >= 0.6 is 11.8 Å². The van der Waals surface area contributed by atoms with Crippen LogP contribution in [-0.2, 0) is 14.3 Å². The molecule has 6 heteroatoms. The molecule has 0 bridgehead atoms. The molecule has 0 aliphatic carbocycles. The van der Waals surface area contributed by atoms with Gasteiger partial charge < -0.3 is 15.8 Å². The maximum Gasteiger partial charge on any atom is 0.328 e. The van der Waals surface area contributed by atoms with Crippen molar-refractivity contribution in [1.82, 2.24) is 5.32 Å². The lowest BCUT2D eigenvalue weighted by Gasteiger charge is -2.18. The molecule has 0 rings (SSSR count). The summed E-state index contributed by atoms with van der Waals surface area (Å²) in [5.41, 5.74) is 5.77. The SMILES string of the molecule is CCC(N)CSCC(=O)NC(CC(C)C)C(=O)OC. The van der Waals surface area contributed by atoms with E-state index in [0.717, 1.165) is 12.2 Å². The number of nitrogens with two attached hydrogens (primary N) is 1. The van der Waals surface area contributed by atoms with Crippen LogP contribution in [0.5, 0.6) is 0 Å². The van der Waals surface area contributed by atoms with Gasteiger partial charge in [0.2, 0.25) is 5.91 Å². The van der Waals surface area contributed by atoms with Gasteiger partial charge >= 0.3 is 5.97 Å². The van der Waals surface area contributed by atoms with Gasteiger partial charge in [0.25, 0.3) is 0 Å². The number of methoxy groups -OCH3 is 1. The number of hydrogen-bond acceptors (Lipinski definition) is 5. The Bertz CT molecular complexity index is 285. The Balaban J connectivity index is 4.12. The van der Waals surface area contributed by atoms with Crippen molar-refractivity contribution >= 4 is 23.6 Å². The number of rotatable bonds is 9. The van der Waals surface area contributed by atoms with Gasteiger partial charge in [-0.15, -0.1) is 0 Å². The Labute approximate surface area is 120 Å². The predicted molar refractivity (Wildman–Crippen MR) is 79.0 cm³/mol. The third-order valence-corrected chi connectivity index (χ3v) is 3.75. The zero-order valence-electron chi connectivity index (χ0n) is 12.3. The highest BCUT2D eigenvalue weighted by atomic mass is 32.2. The van der Waals surface area contributed by atoms with Gasteiger partial charge in [-0.1, -0.05) is 20.8 Å². The molecule has 1 amide bonds. The van der Waals surface area contributed by atoms with Crippen LogP contribution in [0.2, 0.25) is 0 Å². The van der Waals surface area contributed by atoms with Crippen LogP contribution < -0.4 is 11.1 Å². The zero-order valence-corrected chi connectivity index (χ0v) is 13.1. The summed E-state index contributed by atoms with van der Waals surface area (Å²) in [5.74, 6) is 0.836. The third kappa shape index (κ3) is 8.88. The van der Waals surface area contributed by atoms with Crippen LogP contribution in [0.4, 0.5) is 0 Å². The van der Waals surface area contributed by atoms with Crippen LogP contribution in [0, 0.1) is 5.92 Å². The highest BCUT2D eigenvalue weighted by molar-refractivity contribution is 7.99. The Hall–Kier alpha value is -0.750. The minimum atomic E-state index is -0.557. The van der Waals surface area contributed by atoms with E-state index in [0.29, 0.717) is 18.1 Å². The summed E-state index contributed by atoms with van der Waals surface area (Å²) in [6.45, 7) is 6.01. The van der Waals surface area contributed by atoms with E-state index in [2.05, 4.69) is 5.32 Å². The quantitative estimate of drug-likeness (QED) is 0.623. The van der Waals surface area contributed by atoms with E-state index in [4.69, 9.17) is 10.5 Å². The van der Waals surface area contributed by atoms with Crippen molar-refractivity contribution in [1.29, 1.82) is 0 Å². The summed E-state index contributed by atoms with van der Waals surface area (Å²) in [6, 6.07) is -0.442. The molecule has 0 aromatic carbocycles. The normalized spacial score (nSPS) is 14.0. The average molecular weight is 290 g/mol. The first-order valence-corrected chi connectivity index (χ1v) is 7.76. The topological polar surface area (TPSA) is 81.4 Å². The van der Waals surface area contributed by atoms with Gasteiger partial charge in [-0.2, -0.15) is 11.8 Å². The van der Waals surface area contributed by atoms with E-state index in [1.165, 1.54) is 18.9 Å². The van der Waals surface area contributed by atoms with Crippen molar-refractivity contribution in [2.24, 2.45) is 11.7 Å². The molecule has 0 saturated carbocycles. The second kappa shape index (κ2) is 10.1.